The highest BCUT2D eigenvalue weighted by molar-refractivity contribution is 7.12. The van der Waals surface area contributed by atoms with Crippen molar-refractivity contribution in [3.63, 3.8) is 0 Å². The summed E-state index contributed by atoms with van der Waals surface area (Å²) in [4.78, 5) is 2.59. The van der Waals surface area contributed by atoms with Crippen molar-refractivity contribution in [3.05, 3.63) is 57.8 Å². The second kappa shape index (κ2) is 4.84. The van der Waals surface area contributed by atoms with Gasteiger partial charge in [-0.15, -0.1) is 11.3 Å². The number of aryl methyl sites for hydroxylation is 1. The van der Waals surface area contributed by atoms with Gasteiger partial charge < -0.3 is 4.74 Å². The van der Waals surface area contributed by atoms with E-state index in [-0.39, 0.29) is 12.3 Å². The summed E-state index contributed by atoms with van der Waals surface area (Å²) in [7, 11) is 0. The van der Waals surface area contributed by atoms with Crippen LogP contribution in [0.4, 0.5) is 0 Å². The highest BCUT2D eigenvalue weighted by Gasteiger charge is 2.33. The van der Waals surface area contributed by atoms with Crippen LogP contribution in [0.15, 0.2) is 42.5 Å². The van der Waals surface area contributed by atoms with Gasteiger partial charge in [0.1, 0.15) is 12.3 Å². The molecule has 1 unspecified atom stereocenters. The van der Waals surface area contributed by atoms with Crippen molar-refractivity contribution in [2.75, 3.05) is 0 Å². The van der Waals surface area contributed by atoms with Gasteiger partial charge in [0.15, 0.2) is 0 Å². The Morgan fingerprint density at radius 1 is 1.11 bits per heavy atom. The summed E-state index contributed by atoms with van der Waals surface area (Å²) in [5.74, 6) is 0. The molecule has 1 fully saturated rings. The highest BCUT2D eigenvalue weighted by atomic mass is 32.1. The number of nitrogens with one attached hydrogen (secondary N) is 1. The standard InChI is InChI=1S/C15H17NOS/c1-10-8-9-13(18-10)15-16-11(2)14(17-15)12-6-4-3-5-7-12/h3-9,11,14-16H,1-2H3/t11-,14+,15?/m0/s1. The summed E-state index contributed by atoms with van der Waals surface area (Å²) in [6.07, 6.45) is 0.169. The lowest BCUT2D eigenvalue weighted by Crippen LogP contribution is -2.23. The Morgan fingerprint density at radius 3 is 2.56 bits per heavy atom. The second-order valence-electron chi connectivity index (χ2n) is 4.75. The monoisotopic (exact) mass is 259 g/mol. The van der Waals surface area contributed by atoms with Crippen molar-refractivity contribution in [1.82, 2.24) is 5.32 Å². The number of thiophene rings is 1. The van der Waals surface area contributed by atoms with Crippen LogP contribution in [-0.2, 0) is 4.74 Å². The van der Waals surface area contributed by atoms with Crippen LogP contribution in [-0.4, -0.2) is 6.04 Å². The van der Waals surface area contributed by atoms with E-state index in [1.807, 2.05) is 6.07 Å². The summed E-state index contributed by atoms with van der Waals surface area (Å²) >= 11 is 1.80. The first-order valence-corrected chi connectivity index (χ1v) is 7.08. The fourth-order valence-corrected chi connectivity index (χ4v) is 3.26. The number of hydrogen-bond acceptors (Lipinski definition) is 3. The van der Waals surface area contributed by atoms with E-state index >= 15 is 0 Å². The molecule has 1 aliphatic rings. The lowest BCUT2D eigenvalue weighted by molar-refractivity contribution is 0.0384. The minimum absolute atomic E-state index is 0.0314. The Kier molecular flexibility index (Phi) is 3.20. The molecule has 0 spiro atoms. The minimum Gasteiger partial charge on any atom is -0.349 e. The van der Waals surface area contributed by atoms with Gasteiger partial charge in [-0.1, -0.05) is 30.3 Å². The Hall–Kier alpha value is -1.16. The summed E-state index contributed by atoms with van der Waals surface area (Å²) in [5.41, 5.74) is 1.24. The molecule has 3 atom stereocenters. The molecule has 2 heterocycles. The van der Waals surface area contributed by atoms with Crippen molar-refractivity contribution in [3.8, 4) is 0 Å². The summed E-state index contributed by atoms with van der Waals surface area (Å²) < 4.78 is 6.16. The van der Waals surface area contributed by atoms with E-state index in [2.05, 4.69) is 55.6 Å². The SMILES string of the molecule is Cc1ccc(C2N[C@@H](C)[C@H](c3ccccc3)O2)s1. The molecule has 0 bridgehead atoms. The lowest BCUT2D eigenvalue weighted by Gasteiger charge is -2.13. The van der Waals surface area contributed by atoms with Crippen molar-refractivity contribution in [2.24, 2.45) is 0 Å². The van der Waals surface area contributed by atoms with E-state index < -0.39 is 0 Å². The molecule has 0 radical (unpaired) electrons. The van der Waals surface area contributed by atoms with Crippen LogP contribution in [0.3, 0.4) is 0 Å². The fourth-order valence-electron chi connectivity index (χ4n) is 2.38. The maximum absolute atomic E-state index is 6.16. The van der Waals surface area contributed by atoms with Gasteiger partial charge in [0.2, 0.25) is 0 Å². The van der Waals surface area contributed by atoms with Crippen LogP contribution in [0.25, 0.3) is 0 Å². The van der Waals surface area contributed by atoms with Crippen molar-refractivity contribution < 1.29 is 4.74 Å². The fraction of sp³-hybridized carbons (Fsp3) is 0.333. The minimum atomic E-state index is 0.0314. The molecule has 1 aromatic carbocycles. The molecule has 1 saturated heterocycles. The van der Waals surface area contributed by atoms with Crippen molar-refractivity contribution >= 4 is 11.3 Å². The van der Waals surface area contributed by atoms with Gasteiger partial charge in [0.05, 0.1) is 0 Å². The molecule has 2 nitrogen and oxygen atoms in total. The summed E-state index contributed by atoms with van der Waals surface area (Å²) in [6.45, 7) is 4.30. The normalized spacial score (nSPS) is 27.6. The van der Waals surface area contributed by atoms with Crippen LogP contribution in [0, 0.1) is 6.92 Å². The molecule has 1 aliphatic heterocycles. The Labute approximate surface area is 112 Å². The van der Waals surface area contributed by atoms with Crippen LogP contribution >= 0.6 is 11.3 Å². The molecule has 18 heavy (non-hydrogen) atoms. The number of benzene rings is 1. The third kappa shape index (κ3) is 2.21. The highest BCUT2D eigenvalue weighted by Crippen LogP contribution is 2.36. The van der Waals surface area contributed by atoms with E-state index in [1.54, 1.807) is 11.3 Å². The summed E-state index contributed by atoms with van der Waals surface area (Å²) in [5, 5.41) is 3.52. The average Bonchev–Trinajstić information content (AvgIpc) is 2.97. The van der Waals surface area contributed by atoms with Crippen LogP contribution < -0.4 is 5.32 Å². The molecule has 1 N–H and O–H groups in total. The molecular weight excluding hydrogens is 242 g/mol. The van der Waals surface area contributed by atoms with Crippen molar-refractivity contribution in [2.45, 2.75) is 32.2 Å². The van der Waals surface area contributed by atoms with Crippen LogP contribution in [0.5, 0.6) is 0 Å². The van der Waals surface area contributed by atoms with Gasteiger partial charge in [-0.25, -0.2) is 0 Å². The van der Waals surface area contributed by atoms with E-state index in [4.69, 9.17) is 4.74 Å². The zero-order valence-electron chi connectivity index (χ0n) is 10.6. The van der Waals surface area contributed by atoms with Gasteiger partial charge in [-0.05, 0) is 31.5 Å². The van der Waals surface area contributed by atoms with E-state index in [0.717, 1.165) is 0 Å². The molecule has 1 aromatic heterocycles. The molecule has 0 saturated carbocycles. The first-order valence-electron chi connectivity index (χ1n) is 6.27. The molecule has 0 amide bonds. The third-order valence-electron chi connectivity index (χ3n) is 3.30. The predicted octanol–water partition coefficient (Wildman–Crippen LogP) is 3.80. The van der Waals surface area contributed by atoms with E-state index in [9.17, 15) is 0 Å². The zero-order valence-corrected chi connectivity index (χ0v) is 11.4. The van der Waals surface area contributed by atoms with E-state index in [1.165, 1.54) is 15.3 Å². The first kappa shape index (κ1) is 11.9. The van der Waals surface area contributed by atoms with Gasteiger partial charge in [-0.2, -0.15) is 0 Å². The summed E-state index contributed by atoms with van der Waals surface area (Å²) in [6, 6.07) is 15.1. The van der Waals surface area contributed by atoms with E-state index in [0.29, 0.717) is 6.04 Å². The smallest absolute Gasteiger partial charge is 0.144 e. The maximum Gasteiger partial charge on any atom is 0.144 e. The molecule has 94 valence electrons. The van der Waals surface area contributed by atoms with Gasteiger partial charge in [0.25, 0.3) is 0 Å². The molecular formula is C15H17NOS. The third-order valence-corrected chi connectivity index (χ3v) is 4.34. The number of rotatable bonds is 2. The van der Waals surface area contributed by atoms with Gasteiger partial charge >= 0.3 is 0 Å². The average molecular weight is 259 g/mol. The Bertz CT molecular complexity index is 522. The molecule has 2 aromatic rings. The van der Waals surface area contributed by atoms with Gasteiger partial charge in [0, 0.05) is 15.8 Å². The molecule has 0 aliphatic carbocycles. The van der Waals surface area contributed by atoms with Crippen LogP contribution in [0.1, 0.15) is 34.6 Å². The Morgan fingerprint density at radius 2 is 1.89 bits per heavy atom. The maximum atomic E-state index is 6.16. The number of ether oxygens (including phenoxy) is 1. The molecule has 3 rings (SSSR count). The van der Waals surface area contributed by atoms with Gasteiger partial charge in [-0.3, -0.25) is 5.32 Å². The quantitative estimate of drug-likeness (QED) is 0.885. The first-order chi connectivity index (χ1) is 8.74. The Balaban J connectivity index is 1.80. The van der Waals surface area contributed by atoms with Crippen LogP contribution in [0.2, 0.25) is 0 Å². The largest absolute Gasteiger partial charge is 0.349 e. The van der Waals surface area contributed by atoms with Crippen molar-refractivity contribution in [1.29, 1.82) is 0 Å². The number of hydrogen-bond donors (Lipinski definition) is 1. The molecule has 3 heteroatoms. The topological polar surface area (TPSA) is 21.3 Å². The second-order valence-corrected chi connectivity index (χ2v) is 6.07. The lowest BCUT2D eigenvalue weighted by atomic mass is 10.0. The zero-order chi connectivity index (χ0) is 12.5. The predicted molar refractivity (Wildman–Crippen MR) is 74.7 cm³/mol.